The summed E-state index contributed by atoms with van der Waals surface area (Å²) in [7, 11) is 0. The molecule has 5 rings (SSSR count). The number of fused-ring (bicyclic) bond motifs is 2. The molecular formula is C24H15F3N4O. The Balaban J connectivity index is 1.71. The van der Waals surface area contributed by atoms with Gasteiger partial charge < -0.3 is 5.32 Å². The molecule has 5 nitrogen and oxygen atoms in total. The normalized spacial score (nSPS) is 11.7. The number of carbonyl (C=O) groups is 1. The number of aromatic nitrogens is 3. The van der Waals surface area contributed by atoms with Gasteiger partial charge in [0.25, 0.3) is 5.91 Å². The van der Waals surface area contributed by atoms with E-state index in [0.717, 1.165) is 23.0 Å². The average Bonchev–Trinajstić information content (AvgIpc) is 3.22. The van der Waals surface area contributed by atoms with Gasteiger partial charge in [-0.3, -0.25) is 4.79 Å². The Hall–Kier alpha value is -4.20. The SMILES string of the molecule is O=C(Nc1ccccc1)c1cnn2c(C(F)(F)F)cc(-c3cccc4ccccc34)nc12. The minimum atomic E-state index is -4.69. The van der Waals surface area contributed by atoms with Crippen molar-refractivity contribution in [1.29, 1.82) is 0 Å². The Labute approximate surface area is 180 Å². The summed E-state index contributed by atoms with van der Waals surface area (Å²) in [5.41, 5.74) is -0.0810. The molecule has 0 bridgehead atoms. The maximum atomic E-state index is 13.9. The third kappa shape index (κ3) is 3.45. The van der Waals surface area contributed by atoms with E-state index in [0.29, 0.717) is 15.8 Å². The van der Waals surface area contributed by atoms with Crippen LogP contribution < -0.4 is 5.32 Å². The summed E-state index contributed by atoms with van der Waals surface area (Å²) in [6, 6.07) is 22.3. The van der Waals surface area contributed by atoms with Gasteiger partial charge in [-0.05, 0) is 29.0 Å². The van der Waals surface area contributed by atoms with E-state index in [9.17, 15) is 18.0 Å². The maximum absolute atomic E-state index is 13.9. The molecule has 32 heavy (non-hydrogen) atoms. The van der Waals surface area contributed by atoms with Crippen molar-refractivity contribution in [3.05, 3.63) is 96.3 Å². The van der Waals surface area contributed by atoms with Crippen molar-refractivity contribution >= 4 is 28.0 Å². The molecule has 0 fully saturated rings. The second-order valence-electron chi connectivity index (χ2n) is 7.16. The van der Waals surface area contributed by atoms with E-state index in [1.54, 1.807) is 42.5 Å². The molecule has 0 unspecified atom stereocenters. The van der Waals surface area contributed by atoms with Crippen molar-refractivity contribution in [2.24, 2.45) is 0 Å². The molecule has 0 aliphatic rings. The van der Waals surface area contributed by atoms with E-state index < -0.39 is 17.8 Å². The van der Waals surface area contributed by atoms with E-state index in [2.05, 4.69) is 15.4 Å². The molecule has 0 spiro atoms. The van der Waals surface area contributed by atoms with Gasteiger partial charge in [-0.1, -0.05) is 60.7 Å². The lowest BCUT2D eigenvalue weighted by Crippen LogP contribution is -2.15. The van der Waals surface area contributed by atoms with Gasteiger partial charge in [0.05, 0.1) is 11.9 Å². The maximum Gasteiger partial charge on any atom is 0.433 e. The standard InChI is InChI=1S/C24H15F3N4O/c25-24(26,27)21-13-20(18-12-6-8-15-7-4-5-11-17(15)18)30-22-19(14-28-31(21)22)23(32)29-16-9-2-1-3-10-16/h1-14H,(H,29,32). The number of hydrogen-bond donors (Lipinski definition) is 1. The van der Waals surface area contributed by atoms with E-state index >= 15 is 0 Å². The van der Waals surface area contributed by atoms with E-state index in [4.69, 9.17) is 0 Å². The minimum absolute atomic E-state index is 0.0542. The fraction of sp³-hybridized carbons (Fsp3) is 0.0417. The summed E-state index contributed by atoms with van der Waals surface area (Å²) < 4.78 is 42.3. The summed E-state index contributed by atoms with van der Waals surface area (Å²) in [5, 5.41) is 8.12. The summed E-state index contributed by atoms with van der Waals surface area (Å²) in [4.78, 5) is 17.3. The largest absolute Gasteiger partial charge is 0.433 e. The topological polar surface area (TPSA) is 59.3 Å². The third-order valence-corrected chi connectivity index (χ3v) is 5.10. The van der Waals surface area contributed by atoms with E-state index in [1.807, 2.05) is 30.3 Å². The van der Waals surface area contributed by atoms with Crippen LogP contribution in [0, 0.1) is 0 Å². The second kappa shape index (κ2) is 7.49. The van der Waals surface area contributed by atoms with Crippen LogP contribution in [0.15, 0.2) is 85.1 Å². The lowest BCUT2D eigenvalue weighted by Gasteiger charge is -2.13. The number of benzene rings is 3. The summed E-state index contributed by atoms with van der Waals surface area (Å²) in [6.07, 6.45) is -3.59. The van der Waals surface area contributed by atoms with Crippen molar-refractivity contribution in [2.75, 3.05) is 5.32 Å². The molecule has 0 aliphatic carbocycles. The second-order valence-corrected chi connectivity index (χ2v) is 7.16. The first-order chi connectivity index (χ1) is 15.4. The fourth-order valence-corrected chi connectivity index (χ4v) is 3.63. The van der Waals surface area contributed by atoms with Crippen LogP contribution in [0.5, 0.6) is 0 Å². The van der Waals surface area contributed by atoms with Crippen LogP contribution in [0.1, 0.15) is 16.1 Å². The molecule has 158 valence electrons. The summed E-state index contributed by atoms with van der Waals surface area (Å²) in [6.45, 7) is 0. The highest BCUT2D eigenvalue weighted by molar-refractivity contribution is 6.08. The van der Waals surface area contributed by atoms with Gasteiger partial charge in [-0.2, -0.15) is 18.3 Å². The first-order valence-electron chi connectivity index (χ1n) is 9.72. The van der Waals surface area contributed by atoms with Crippen LogP contribution >= 0.6 is 0 Å². The van der Waals surface area contributed by atoms with Gasteiger partial charge in [-0.15, -0.1) is 0 Å². The average molecular weight is 432 g/mol. The predicted octanol–water partition coefficient (Wildman–Crippen LogP) is 5.82. The Morgan fingerprint density at radius 2 is 1.62 bits per heavy atom. The lowest BCUT2D eigenvalue weighted by molar-refractivity contribution is -0.142. The number of amides is 1. The van der Waals surface area contributed by atoms with Crippen LogP contribution in [0.4, 0.5) is 18.9 Å². The zero-order valence-corrected chi connectivity index (χ0v) is 16.5. The van der Waals surface area contributed by atoms with Crippen LogP contribution in [0.25, 0.3) is 27.7 Å². The van der Waals surface area contributed by atoms with E-state index in [-0.39, 0.29) is 16.9 Å². The molecule has 0 radical (unpaired) electrons. The molecule has 5 aromatic rings. The molecular weight excluding hydrogens is 417 g/mol. The van der Waals surface area contributed by atoms with Crippen molar-refractivity contribution in [3.63, 3.8) is 0 Å². The molecule has 0 saturated carbocycles. The fourth-order valence-electron chi connectivity index (χ4n) is 3.63. The predicted molar refractivity (Wildman–Crippen MR) is 115 cm³/mol. The lowest BCUT2D eigenvalue weighted by atomic mass is 10.0. The highest BCUT2D eigenvalue weighted by Gasteiger charge is 2.36. The quantitative estimate of drug-likeness (QED) is 0.391. The number of halogens is 3. The Morgan fingerprint density at radius 1 is 0.906 bits per heavy atom. The molecule has 3 aromatic carbocycles. The zero-order valence-electron chi connectivity index (χ0n) is 16.5. The molecule has 1 N–H and O–H groups in total. The number of hydrogen-bond acceptors (Lipinski definition) is 3. The third-order valence-electron chi connectivity index (χ3n) is 5.10. The number of carbonyl (C=O) groups excluding carboxylic acids is 1. The molecule has 0 aliphatic heterocycles. The smallest absolute Gasteiger partial charge is 0.322 e. The molecule has 2 aromatic heterocycles. The highest BCUT2D eigenvalue weighted by Crippen LogP contribution is 2.35. The number of rotatable bonds is 3. The van der Waals surface area contributed by atoms with Crippen LogP contribution in [-0.2, 0) is 6.18 Å². The number of nitrogens with zero attached hydrogens (tertiary/aromatic N) is 3. The van der Waals surface area contributed by atoms with E-state index in [1.165, 1.54) is 0 Å². The summed E-state index contributed by atoms with van der Waals surface area (Å²) >= 11 is 0. The zero-order chi connectivity index (χ0) is 22.3. The highest BCUT2D eigenvalue weighted by atomic mass is 19.4. The Morgan fingerprint density at radius 3 is 2.41 bits per heavy atom. The van der Waals surface area contributed by atoms with Crippen molar-refractivity contribution in [1.82, 2.24) is 14.6 Å². The molecule has 0 atom stereocenters. The summed E-state index contributed by atoms with van der Waals surface area (Å²) in [5.74, 6) is -0.595. The number of anilines is 1. The monoisotopic (exact) mass is 432 g/mol. The number of para-hydroxylation sites is 1. The number of nitrogens with one attached hydrogen (secondary N) is 1. The first-order valence-corrected chi connectivity index (χ1v) is 9.72. The van der Waals surface area contributed by atoms with Crippen molar-refractivity contribution in [3.8, 4) is 11.3 Å². The van der Waals surface area contributed by atoms with Gasteiger partial charge in [0.15, 0.2) is 11.3 Å². The van der Waals surface area contributed by atoms with Gasteiger partial charge in [-0.25, -0.2) is 9.50 Å². The van der Waals surface area contributed by atoms with Gasteiger partial charge in [0.2, 0.25) is 0 Å². The van der Waals surface area contributed by atoms with Crippen LogP contribution in [-0.4, -0.2) is 20.5 Å². The van der Waals surface area contributed by atoms with Crippen LogP contribution in [0.3, 0.4) is 0 Å². The molecule has 0 saturated heterocycles. The minimum Gasteiger partial charge on any atom is -0.322 e. The molecule has 8 heteroatoms. The Bertz CT molecular complexity index is 1450. The van der Waals surface area contributed by atoms with Gasteiger partial charge >= 0.3 is 6.18 Å². The van der Waals surface area contributed by atoms with Crippen molar-refractivity contribution < 1.29 is 18.0 Å². The molecule has 2 heterocycles. The molecule has 1 amide bonds. The Kier molecular flexibility index (Phi) is 4.62. The number of alkyl halides is 3. The van der Waals surface area contributed by atoms with Crippen molar-refractivity contribution in [2.45, 2.75) is 6.18 Å². The van der Waals surface area contributed by atoms with Gasteiger partial charge in [0.1, 0.15) is 5.56 Å². The van der Waals surface area contributed by atoms with Crippen LogP contribution in [0.2, 0.25) is 0 Å². The van der Waals surface area contributed by atoms with Gasteiger partial charge in [0, 0.05) is 11.3 Å². The first kappa shape index (κ1) is 19.7.